The van der Waals surface area contributed by atoms with Crippen LogP contribution in [0.4, 0.5) is 0 Å². The minimum Gasteiger partial charge on any atom is -0.461 e. The number of likely N-dealkylation sites (N-methyl/N-ethyl adjacent to an activating group) is 1. The highest BCUT2D eigenvalue weighted by Crippen LogP contribution is 2.57. The van der Waals surface area contributed by atoms with Crippen LogP contribution in [-0.2, 0) is 27.9 Å². The number of benzene rings is 2. The van der Waals surface area contributed by atoms with Crippen LogP contribution in [0.1, 0.15) is 42.1 Å². The molecule has 7 heteroatoms. The van der Waals surface area contributed by atoms with Gasteiger partial charge >= 0.3 is 5.97 Å². The lowest BCUT2D eigenvalue weighted by Gasteiger charge is -2.54. The summed E-state index contributed by atoms with van der Waals surface area (Å²) < 4.78 is 28.7. The molecule has 3 unspecified atom stereocenters. The van der Waals surface area contributed by atoms with E-state index in [-0.39, 0.29) is 31.7 Å². The first kappa shape index (κ1) is 17.9. The Kier molecular flexibility index (Phi) is 3.60. The smallest absolute Gasteiger partial charge is 0.302 e. The highest BCUT2D eigenvalue weighted by atomic mass is 16.7. The van der Waals surface area contributed by atoms with Crippen LogP contribution in [-0.4, -0.2) is 37.6 Å². The first-order valence-corrected chi connectivity index (χ1v) is 10.2. The highest BCUT2D eigenvalue weighted by Gasteiger charge is 2.55. The van der Waals surface area contributed by atoms with Crippen LogP contribution in [0.15, 0.2) is 24.3 Å². The van der Waals surface area contributed by atoms with E-state index >= 15 is 0 Å². The minimum atomic E-state index is -0.463. The molecule has 0 saturated heterocycles. The molecule has 2 aromatic rings. The zero-order valence-electron chi connectivity index (χ0n) is 17.2. The van der Waals surface area contributed by atoms with Crippen molar-refractivity contribution < 1.29 is 28.5 Å². The maximum atomic E-state index is 12.1. The van der Waals surface area contributed by atoms with Crippen molar-refractivity contribution in [2.75, 3.05) is 20.6 Å². The van der Waals surface area contributed by atoms with Gasteiger partial charge in [-0.05, 0) is 41.9 Å². The van der Waals surface area contributed by atoms with Crippen molar-refractivity contribution in [2.24, 2.45) is 0 Å². The Balaban J connectivity index is 1.59. The van der Waals surface area contributed by atoms with Gasteiger partial charge < -0.3 is 23.7 Å². The maximum absolute atomic E-state index is 12.1. The molecule has 30 heavy (non-hydrogen) atoms. The fraction of sp³-hybridized carbons (Fsp3) is 0.435. The van der Waals surface area contributed by atoms with Crippen molar-refractivity contribution in [3.05, 3.63) is 46.5 Å². The molecule has 0 fully saturated rings. The van der Waals surface area contributed by atoms with Crippen LogP contribution in [0, 0.1) is 0 Å². The molecule has 2 aromatic carbocycles. The Labute approximate surface area is 174 Å². The molecule has 6 rings (SSSR count). The van der Waals surface area contributed by atoms with Crippen LogP contribution in [0.2, 0.25) is 0 Å². The highest BCUT2D eigenvalue weighted by molar-refractivity contribution is 5.67. The molecule has 0 aromatic heterocycles. The number of nitrogens with zero attached hydrogens (tertiary/aromatic N) is 1. The second-order valence-corrected chi connectivity index (χ2v) is 8.63. The van der Waals surface area contributed by atoms with Gasteiger partial charge in [-0.15, -0.1) is 0 Å². The van der Waals surface area contributed by atoms with Crippen LogP contribution < -0.4 is 18.9 Å². The molecule has 0 N–H and O–H groups in total. The lowest BCUT2D eigenvalue weighted by Crippen LogP contribution is -2.56. The number of esters is 1. The Morgan fingerprint density at radius 1 is 1.10 bits per heavy atom. The average molecular weight is 409 g/mol. The Hall–Kier alpha value is -2.93. The maximum Gasteiger partial charge on any atom is 0.302 e. The SMILES string of the molecule is CC(=O)OC1Cc2cc3c(cc2C2N(C)Cc4c(ccc5c4OCO5)C12C)OCO3. The monoisotopic (exact) mass is 409 g/mol. The molecule has 156 valence electrons. The zero-order chi connectivity index (χ0) is 20.6. The second kappa shape index (κ2) is 6.04. The van der Waals surface area contributed by atoms with Gasteiger partial charge in [0.15, 0.2) is 23.0 Å². The normalized spacial score (nSPS) is 27.8. The van der Waals surface area contributed by atoms with Gasteiger partial charge in [0.1, 0.15) is 6.10 Å². The zero-order valence-corrected chi connectivity index (χ0v) is 17.2. The number of ether oxygens (including phenoxy) is 5. The Morgan fingerprint density at radius 2 is 1.83 bits per heavy atom. The molecule has 3 aliphatic heterocycles. The summed E-state index contributed by atoms with van der Waals surface area (Å²) >= 11 is 0. The van der Waals surface area contributed by atoms with E-state index < -0.39 is 5.41 Å². The Morgan fingerprint density at radius 3 is 2.63 bits per heavy atom. The van der Waals surface area contributed by atoms with Crippen LogP contribution in [0.25, 0.3) is 0 Å². The number of fused-ring (bicyclic) bond motifs is 8. The Bertz CT molecular complexity index is 1080. The summed E-state index contributed by atoms with van der Waals surface area (Å²) in [4.78, 5) is 14.4. The third kappa shape index (κ3) is 2.27. The summed E-state index contributed by atoms with van der Waals surface area (Å²) in [5.41, 5.74) is 4.10. The number of carbonyl (C=O) groups is 1. The molecule has 0 saturated carbocycles. The molecule has 7 nitrogen and oxygen atoms in total. The molecule has 3 heterocycles. The third-order valence-electron chi connectivity index (χ3n) is 6.95. The van der Waals surface area contributed by atoms with Crippen molar-refractivity contribution in [3.8, 4) is 23.0 Å². The molecular weight excluding hydrogens is 386 g/mol. The van der Waals surface area contributed by atoms with E-state index in [2.05, 4.69) is 31.0 Å². The average Bonchev–Trinajstić information content (AvgIpc) is 3.35. The topological polar surface area (TPSA) is 66.5 Å². The molecule has 3 atom stereocenters. The van der Waals surface area contributed by atoms with Gasteiger partial charge in [-0.1, -0.05) is 13.0 Å². The lowest BCUT2D eigenvalue weighted by atomic mass is 9.60. The van der Waals surface area contributed by atoms with Gasteiger partial charge in [0.2, 0.25) is 13.6 Å². The summed E-state index contributed by atoms with van der Waals surface area (Å²) in [5, 5.41) is 0. The van der Waals surface area contributed by atoms with E-state index in [9.17, 15) is 4.79 Å². The van der Waals surface area contributed by atoms with Crippen LogP contribution in [0.3, 0.4) is 0 Å². The predicted molar refractivity (Wildman–Crippen MR) is 106 cm³/mol. The van der Waals surface area contributed by atoms with Crippen molar-refractivity contribution >= 4 is 5.97 Å². The minimum absolute atomic E-state index is 0.00738. The van der Waals surface area contributed by atoms with Gasteiger partial charge in [-0.2, -0.15) is 0 Å². The van der Waals surface area contributed by atoms with Crippen molar-refractivity contribution in [1.29, 1.82) is 0 Å². The molecule has 0 bridgehead atoms. The van der Waals surface area contributed by atoms with E-state index in [1.165, 1.54) is 12.5 Å². The van der Waals surface area contributed by atoms with Crippen LogP contribution in [0.5, 0.6) is 23.0 Å². The van der Waals surface area contributed by atoms with Gasteiger partial charge in [0.25, 0.3) is 0 Å². The summed E-state index contributed by atoms with van der Waals surface area (Å²) in [7, 11) is 2.10. The van der Waals surface area contributed by atoms with Gasteiger partial charge in [0.05, 0.1) is 5.41 Å². The second-order valence-electron chi connectivity index (χ2n) is 8.63. The number of rotatable bonds is 1. The van der Waals surface area contributed by atoms with E-state index in [0.717, 1.165) is 39.7 Å². The largest absolute Gasteiger partial charge is 0.461 e. The van der Waals surface area contributed by atoms with E-state index in [1.807, 2.05) is 12.1 Å². The van der Waals surface area contributed by atoms with Gasteiger partial charge in [-0.3, -0.25) is 9.69 Å². The van der Waals surface area contributed by atoms with Gasteiger partial charge in [-0.25, -0.2) is 0 Å². The number of hydrogen-bond donors (Lipinski definition) is 0. The molecule has 0 amide bonds. The van der Waals surface area contributed by atoms with E-state index in [4.69, 9.17) is 23.7 Å². The first-order valence-electron chi connectivity index (χ1n) is 10.2. The quantitative estimate of drug-likeness (QED) is 0.671. The van der Waals surface area contributed by atoms with Crippen molar-refractivity contribution in [1.82, 2.24) is 4.90 Å². The van der Waals surface area contributed by atoms with E-state index in [0.29, 0.717) is 13.0 Å². The van der Waals surface area contributed by atoms with Crippen molar-refractivity contribution in [3.63, 3.8) is 0 Å². The lowest BCUT2D eigenvalue weighted by molar-refractivity contribution is -0.153. The van der Waals surface area contributed by atoms with E-state index in [1.54, 1.807) is 0 Å². The van der Waals surface area contributed by atoms with Gasteiger partial charge in [0, 0.05) is 31.5 Å². The summed E-state index contributed by atoms with van der Waals surface area (Å²) in [6, 6.07) is 8.22. The molecule has 1 aliphatic carbocycles. The standard InChI is InChI=1S/C23H23NO6/c1-12(25)30-20-7-13-6-18-19(28-10-27-18)8-14(13)22-23(20,2)16-4-5-17-21(29-11-26-17)15(16)9-24(22)3/h4-6,8,20,22H,7,9-11H2,1-3H3. The molecule has 0 spiro atoms. The van der Waals surface area contributed by atoms with Crippen LogP contribution >= 0.6 is 0 Å². The van der Waals surface area contributed by atoms with Crippen molar-refractivity contribution in [2.45, 2.75) is 44.4 Å². The number of hydrogen-bond acceptors (Lipinski definition) is 7. The fourth-order valence-corrected chi connectivity index (χ4v) is 5.75. The third-order valence-corrected chi connectivity index (χ3v) is 6.95. The molecule has 4 aliphatic rings. The summed E-state index contributed by atoms with van der Waals surface area (Å²) in [6.07, 6.45) is 0.287. The predicted octanol–water partition coefficient (Wildman–Crippen LogP) is 3.08. The first-order chi connectivity index (χ1) is 14.5. The molecule has 0 radical (unpaired) electrons. The fourth-order valence-electron chi connectivity index (χ4n) is 5.75. The summed E-state index contributed by atoms with van der Waals surface area (Å²) in [6.45, 7) is 4.84. The summed E-state index contributed by atoms with van der Waals surface area (Å²) in [5.74, 6) is 2.82. The number of carbonyl (C=O) groups excluding carboxylic acids is 1. The molecular formula is C23H23NO6.